The van der Waals surface area contributed by atoms with Gasteiger partial charge in [-0.05, 0) is 54.0 Å². The van der Waals surface area contributed by atoms with Crippen LogP contribution in [0.25, 0.3) is 6.08 Å². The summed E-state index contributed by atoms with van der Waals surface area (Å²) in [7, 11) is 0. The highest BCUT2D eigenvalue weighted by Crippen LogP contribution is 2.28. The van der Waals surface area contributed by atoms with Crippen LogP contribution in [-0.2, 0) is 10.2 Å². The van der Waals surface area contributed by atoms with Gasteiger partial charge in [-0.15, -0.1) is 0 Å². The van der Waals surface area contributed by atoms with E-state index in [1.54, 1.807) is 6.08 Å². The number of likely N-dealkylation sites (tertiary alicyclic amines) is 1. The molecule has 1 saturated heterocycles. The highest BCUT2D eigenvalue weighted by atomic mass is 16.2. The van der Waals surface area contributed by atoms with Crippen LogP contribution in [0.2, 0.25) is 0 Å². The number of anilines is 1. The molecule has 0 spiro atoms. The predicted octanol–water partition coefficient (Wildman–Crippen LogP) is 3.59. The number of carbonyl (C=O) groups excluding carboxylic acids is 1. The van der Waals surface area contributed by atoms with E-state index < -0.39 is 0 Å². The lowest BCUT2D eigenvalue weighted by Crippen LogP contribution is -2.34. The van der Waals surface area contributed by atoms with Crippen molar-refractivity contribution in [2.45, 2.75) is 45.4 Å². The standard InChI is InChI=1S/C18H26N2O/c1-18(2,3)16-9-8-15(19)13-14(16)7-10-17(21)20-11-5-4-6-12-20/h7-10,13H,4-6,11-12,19H2,1-3H3. The average Bonchev–Trinajstić information content (AvgIpc) is 2.44. The predicted molar refractivity (Wildman–Crippen MR) is 89.0 cm³/mol. The van der Waals surface area contributed by atoms with Crippen molar-refractivity contribution in [3.8, 4) is 0 Å². The van der Waals surface area contributed by atoms with Crippen LogP contribution in [0.15, 0.2) is 24.3 Å². The lowest BCUT2D eigenvalue weighted by Gasteiger charge is -2.25. The van der Waals surface area contributed by atoms with E-state index in [9.17, 15) is 4.79 Å². The van der Waals surface area contributed by atoms with Gasteiger partial charge in [0, 0.05) is 24.9 Å². The maximum absolute atomic E-state index is 12.2. The Morgan fingerprint density at radius 1 is 1.19 bits per heavy atom. The zero-order valence-electron chi connectivity index (χ0n) is 13.4. The largest absolute Gasteiger partial charge is 0.399 e. The number of carbonyl (C=O) groups is 1. The van der Waals surface area contributed by atoms with Gasteiger partial charge in [0.1, 0.15) is 0 Å². The van der Waals surface area contributed by atoms with Crippen molar-refractivity contribution in [2.24, 2.45) is 0 Å². The van der Waals surface area contributed by atoms with Crippen LogP contribution in [0.3, 0.4) is 0 Å². The van der Waals surface area contributed by atoms with Crippen molar-refractivity contribution in [1.29, 1.82) is 0 Å². The second-order valence-corrected chi connectivity index (χ2v) is 6.82. The summed E-state index contributed by atoms with van der Waals surface area (Å²) in [4.78, 5) is 14.2. The molecule has 0 bridgehead atoms. The zero-order chi connectivity index (χ0) is 15.5. The normalized spacial score (nSPS) is 16.4. The van der Waals surface area contributed by atoms with E-state index in [1.807, 2.05) is 23.1 Å². The van der Waals surface area contributed by atoms with Crippen LogP contribution in [0.1, 0.15) is 51.2 Å². The lowest BCUT2D eigenvalue weighted by atomic mass is 9.83. The summed E-state index contributed by atoms with van der Waals surface area (Å²) in [5.74, 6) is 0.108. The van der Waals surface area contributed by atoms with Crippen LogP contribution in [-0.4, -0.2) is 23.9 Å². The van der Waals surface area contributed by atoms with Crippen LogP contribution in [0.5, 0.6) is 0 Å². The molecule has 2 N–H and O–H groups in total. The molecule has 0 saturated carbocycles. The Morgan fingerprint density at radius 3 is 2.48 bits per heavy atom. The van der Waals surface area contributed by atoms with Crippen molar-refractivity contribution in [2.75, 3.05) is 18.8 Å². The third kappa shape index (κ3) is 4.10. The molecule has 21 heavy (non-hydrogen) atoms. The Hall–Kier alpha value is -1.77. The SMILES string of the molecule is CC(C)(C)c1ccc(N)cc1C=CC(=O)N1CCCCC1. The summed E-state index contributed by atoms with van der Waals surface area (Å²) in [6.07, 6.45) is 7.07. The number of benzene rings is 1. The molecule has 3 heteroatoms. The molecular weight excluding hydrogens is 260 g/mol. The fourth-order valence-corrected chi connectivity index (χ4v) is 2.78. The van der Waals surface area contributed by atoms with E-state index in [4.69, 9.17) is 5.73 Å². The van der Waals surface area contributed by atoms with Gasteiger partial charge < -0.3 is 10.6 Å². The summed E-state index contributed by atoms with van der Waals surface area (Å²) in [6, 6.07) is 5.92. The Labute approximate surface area is 127 Å². The highest BCUT2D eigenvalue weighted by molar-refractivity contribution is 5.92. The van der Waals surface area contributed by atoms with Crippen molar-refractivity contribution in [3.63, 3.8) is 0 Å². The van der Waals surface area contributed by atoms with E-state index in [-0.39, 0.29) is 11.3 Å². The van der Waals surface area contributed by atoms with Crippen LogP contribution in [0, 0.1) is 0 Å². The minimum Gasteiger partial charge on any atom is -0.399 e. The molecule has 0 aromatic heterocycles. The first-order chi connectivity index (χ1) is 9.88. The second-order valence-electron chi connectivity index (χ2n) is 6.82. The maximum atomic E-state index is 12.2. The molecule has 3 nitrogen and oxygen atoms in total. The number of nitrogens with two attached hydrogens (primary N) is 1. The summed E-state index contributed by atoms with van der Waals surface area (Å²) < 4.78 is 0. The number of hydrogen-bond acceptors (Lipinski definition) is 2. The van der Waals surface area contributed by atoms with E-state index in [1.165, 1.54) is 12.0 Å². The fourth-order valence-electron chi connectivity index (χ4n) is 2.78. The van der Waals surface area contributed by atoms with Gasteiger partial charge in [0.05, 0.1) is 0 Å². The van der Waals surface area contributed by atoms with E-state index in [2.05, 4.69) is 26.8 Å². The molecule has 0 unspecified atom stereocenters. The van der Waals surface area contributed by atoms with Crippen LogP contribution in [0.4, 0.5) is 5.69 Å². The van der Waals surface area contributed by atoms with E-state index >= 15 is 0 Å². The van der Waals surface area contributed by atoms with Gasteiger partial charge in [0.15, 0.2) is 0 Å². The Morgan fingerprint density at radius 2 is 1.86 bits per heavy atom. The molecule has 0 aliphatic carbocycles. The lowest BCUT2D eigenvalue weighted by molar-refractivity contribution is -0.126. The topological polar surface area (TPSA) is 46.3 Å². The maximum Gasteiger partial charge on any atom is 0.246 e. The molecular formula is C18H26N2O. The minimum absolute atomic E-state index is 0.0293. The summed E-state index contributed by atoms with van der Waals surface area (Å²) >= 11 is 0. The molecule has 1 amide bonds. The van der Waals surface area contributed by atoms with Gasteiger partial charge >= 0.3 is 0 Å². The molecule has 114 valence electrons. The molecule has 0 atom stereocenters. The number of hydrogen-bond donors (Lipinski definition) is 1. The minimum atomic E-state index is 0.0293. The van der Waals surface area contributed by atoms with Gasteiger partial charge in [-0.3, -0.25) is 4.79 Å². The van der Waals surface area contributed by atoms with Crippen molar-refractivity contribution in [3.05, 3.63) is 35.4 Å². The smallest absolute Gasteiger partial charge is 0.246 e. The molecule has 1 aromatic carbocycles. The monoisotopic (exact) mass is 286 g/mol. The summed E-state index contributed by atoms with van der Waals surface area (Å²) in [5, 5.41) is 0. The van der Waals surface area contributed by atoms with E-state index in [0.717, 1.165) is 37.2 Å². The van der Waals surface area contributed by atoms with Gasteiger partial charge in [-0.2, -0.15) is 0 Å². The summed E-state index contributed by atoms with van der Waals surface area (Å²) in [6.45, 7) is 8.27. The van der Waals surface area contributed by atoms with Crippen LogP contribution >= 0.6 is 0 Å². The van der Waals surface area contributed by atoms with Crippen molar-refractivity contribution in [1.82, 2.24) is 4.90 Å². The van der Waals surface area contributed by atoms with E-state index in [0.29, 0.717) is 0 Å². The summed E-state index contributed by atoms with van der Waals surface area (Å²) in [5.41, 5.74) is 8.89. The van der Waals surface area contributed by atoms with Crippen molar-refractivity contribution < 1.29 is 4.79 Å². The second kappa shape index (κ2) is 6.33. The first-order valence-electron chi connectivity index (χ1n) is 7.75. The number of rotatable bonds is 2. The van der Waals surface area contributed by atoms with Gasteiger partial charge in [0.25, 0.3) is 0 Å². The fraction of sp³-hybridized carbons (Fsp3) is 0.500. The van der Waals surface area contributed by atoms with Gasteiger partial charge in [-0.25, -0.2) is 0 Å². The molecule has 1 heterocycles. The Bertz CT molecular complexity index is 535. The average molecular weight is 286 g/mol. The Kier molecular flexibility index (Phi) is 4.71. The Balaban J connectivity index is 2.19. The first kappa shape index (κ1) is 15.6. The number of piperidine rings is 1. The molecule has 1 fully saturated rings. The van der Waals surface area contributed by atoms with Crippen molar-refractivity contribution >= 4 is 17.7 Å². The van der Waals surface area contributed by atoms with Crippen LogP contribution < -0.4 is 5.73 Å². The molecule has 1 aliphatic rings. The highest BCUT2D eigenvalue weighted by Gasteiger charge is 2.18. The first-order valence-corrected chi connectivity index (χ1v) is 7.75. The molecule has 1 aliphatic heterocycles. The zero-order valence-corrected chi connectivity index (χ0v) is 13.4. The molecule has 1 aromatic rings. The number of nitrogen functional groups attached to an aromatic ring is 1. The van der Waals surface area contributed by atoms with Gasteiger partial charge in [0.2, 0.25) is 5.91 Å². The number of amides is 1. The molecule has 0 radical (unpaired) electrons. The molecule has 2 rings (SSSR count). The third-order valence-electron chi connectivity index (χ3n) is 3.96. The van der Waals surface area contributed by atoms with Gasteiger partial charge in [-0.1, -0.05) is 26.8 Å². The quantitative estimate of drug-likeness (QED) is 0.667. The third-order valence-corrected chi connectivity index (χ3v) is 3.96. The number of nitrogens with zero attached hydrogens (tertiary/aromatic N) is 1.